The fourth-order valence-electron chi connectivity index (χ4n) is 1.50. The topological polar surface area (TPSA) is 90.1 Å². The summed E-state index contributed by atoms with van der Waals surface area (Å²) in [6.45, 7) is 3.93. The largest absolute Gasteiger partial charge is 0.351 e. The molecule has 0 aromatic carbocycles. The SMILES string of the molecule is CCNC(=O)c1c([N+](=O)[O-])c(CC)nn1C. The molecule has 88 valence electrons. The van der Waals surface area contributed by atoms with Crippen molar-refractivity contribution in [2.45, 2.75) is 20.3 Å². The molecule has 0 unspecified atom stereocenters. The van der Waals surface area contributed by atoms with Crippen molar-refractivity contribution in [3.05, 3.63) is 21.5 Å². The first kappa shape index (κ1) is 12.2. The van der Waals surface area contributed by atoms with Crippen LogP contribution in [0.25, 0.3) is 0 Å². The van der Waals surface area contributed by atoms with Gasteiger partial charge < -0.3 is 5.32 Å². The van der Waals surface area contributed by atoms with E-state index in [9.17, 15) is 14.9 Å². The van der Waals surface area contributed by atoms with Crippen LogP contribution in [0.15, 0.2) is 0 Å². The maximum absolute atomic E-state index is 11.6. The smallest absolute Gasteiger partial charge is 0.323 e. The molecule has 0 saturated heterocycles. The maximum Gasteiger partial charge on any atom is 0.323 e. The van der Waals surface area contributed by atoms with E-state index in [0.717, 1.165) is 0 Å². The van der Waals surface area contributed by atoms with Gasteiger partial charge in [-0.25, -0.2) is 0 Å². The summed E-state index contributed by atoms with van der Waals surface area (Å²) in [6, 6.07) is 0. The Morgan fingerprint density at radius 3 is 2.62 bits per heavy atom. The zero-order valence-electron chi connectivity index (χ0n) is 9.48. The summed E-state index contributed by atoms with van der Waals surface area (Å²) in [6.07, 6.45) is 0.420. The van der Waals surface area contributed by atoms with Crippen molar-refractivity contribution in [3.63, 3.8) is 0 Å². The first-order chi connectivity index (χ1) is 7.52. The molecule has 1 N–H and O–H groups in total. The van der Waals surface area contributed by atoms with E-state index in [4.69, 9.17) is 0 Å². The molecule has 0 atom stereocenters. The monoisotopic (exact) mass is 226 g/mol. The predicted octanol–water partition coefficient (Wildman–Crippen LogP) is 0.640. The molecule has 1 rings (SSSR count). The first-order valence-electron chi connectivity index (χ1n) is 5.01. The van der Waals surface area contributed by atoms with Crippen molar-refractivity contribution in [3.8, 4) is 0 Å². The third-order valence-corrected chi connectivity index (χ3v) is 2.16. The number of aryl methyl sites for hydroxylation is 2. The molecule has 0 aliphatic carbocycles. The number of hydrogen-bond acceptors (Lipinski definition) is 4. The van der Waals surface area contributed by atoms with Gasteiger partial charge in [0.1, 0.15) is 5.69 Å². The van der Waals surface area contributed by atoms with Gasteiger partial charge in [0.15, 0.2) is 0 Å². The van der Waals surface area contributed by atoms with Crippen LogP contribution in [0.1, 0.15) is 30.0 Å². The Balaban J connectivity index is 3.30. The molecule has 0 bridgehead atoms. The molecule has 7 heteroatoms. The number of carbonyl (C=O) groups is 1. The van der Waals surface area contributed by atoms with Crippen LogP contribution in [0.2, 0.25) is 0 Å². The lowest BCUT2D eigenvalue weighted by atomic mass is 10.2. The van der Waals surface area contributed by atoms with Crippen molar-refractivity contribution in [1.29, 1.82) is 0 Å². The second-order valence-corrected chi connectivity index (χ2v) is 3.24. The Bertz CT molecular complexity index is 425. The Kier molecular flexibility index (Phi) is 3.60. The lowest BCUT2D eigenvalue weighted by molar-refractivity contribution is -0.385. The zero-order chi connectivity index (χ0) is 12.3. The van der Waals surface area contributed by atoms with Crippen molar-refractivity contribution < 1.29 is 9.72 Å². The minimum Gasteiger partial charge on any atom is -0.351 e. The third kappa shape index (κ3) is 2.02. The van der Waals surface area contributed by atoms with Gasteiger partial charge in [0.05, 0.1) is 4.92 Å². The first-order valence-corrected chi connectivity index (χ1v) is 5.01. The second kappa shape index (κ2) is 4.73. The van der Waals surface area contributed by atoms with Crippen LogP contribution in [0, 0.1) is 10.1 Å². The van der Waals surface area contributed by atoms with Gasteiger partial charge in [-0.3, -0.25) is 19.6 Å². The Hall–Kier alpha value is -1.92. The molecular weight excluding hydrogens is 212 g/mol. The van der Waals surface area contributed by atoms with Gasteiger partial charge in [0, 0.05) is 13.6 Å². The molecule has 0 spiro atoms. The van der Waals surface area contributed by atoms with Crippen LogP contribution < -0.4 is 5.32 Å². The Morgan fingerprint density at radius 1 is 1.56 bits per heavy atom. The highest BCUT2D eigenvalue weighted by atomic mass is 16.6. The summed E-state index contributed by atoms with van der Waals surface area (Å²) in [4.78, 5) is 22.0. The molecular formula is C9H14N4O3. The second-order valence-electron chi connectivity index (χ2n) is 3.24. The molecule has 0 radical (unpaired) electrons. The van der Waals surface area contributed by atoms with E-state index in [0.29, 0.717) is 18.7 Å². The van der Waals surface area contributed by atoms with Crippen molar-refractivity contribution in [1.82, 2.24) is 15.1 Å². The van der Waals surface area contributed by atoms with Crippen molar-refractivity contribution in [2.24, 2.45) is 7.05 Å². The van der Waals surface area contributed by atoms with Crippen LogP contribution in [-0.2, 0) is 13.5 Å². The van der Waals surface area contributed by atoms with E-state index < -0.39 is 10.8 Å². The summed E-state index contributed by atoms with van der Waals surface area (Å²) in [5, 5.41) is 17.4. The molecule has 1 aromatic heterocycles. The lowest BCUT2D eigenvalue weighted by Crippen LogP contribution is -2.25. The van der Waals surface area contributed by atoms with E-state index in [-0.39, 0.29) is 11.4 Å². The predicted molar refractivity (Wildman–Crippen MR) is 57.2 cm³/mol. The number of nitro groups is 1. The standard InChI is InChI=1S/C9H14N4O3/c1-4-6-7(13(15)16)8(12(3)11-6)9(14)10-5-2/h4-5H2,1-3H3,(H,10,14). The summed E-state index contributed by atoms with van der Waals surface area (Å²) < 4.78 is 1.25. The summed E-state index contributed by atoms with van der Waals surface area (Å²) in [5.41, 5.74) is 0.133. The van der Waals surface area contributed by atoms with Crippen molar-refractivity contribution >= 4 is 11.6 Å². The molecule has 7 nitrogen and oxygen atoms in total. The molecule has 1 heterocycles. The zero-order valence-corrected chi connectivity index (χ0v) is 9.48. The van der Waals surface area contributed by atoms with E-state index in [1.165, 1.54) is 11.7 Å². The van der Waals surface area contributed by atoms with E-state index in [1.807, 2.05) is 0 Å². The minimum absolute atomic E-state index is 0.00343. The van der Waals surface area contributed by atoms with Gasteiger partial charge >= 0.3 is 5.69 Å². The molecule has 0 aliphatic heterocycles. The van der Waals surface area contributed by atoms with Gasteiger partial charge in [0.25, 0.3) is 5.91 Å². The fourth-order valence-corrected chi connectivity index (χ4v) is 1.50. The van der Waals surface area contributed by atoms with Gasteiger partial charge in [-0.1, -0.05) is 6.92 Å². The average molecular weight is 226 g/mol. The number of aromatic nitrogens is 2. The van der Waals surface area contributed by atoms with Crippen LogP contribution in [0.3, 0.4) is 0 Å². The average Bonchev–Trinajstić information content (AvgIpc) is 2.55. The number of amides is 1. The number of rotatable bonds is 4. The minimum atomic E-state index is -0.559. The number of hydrogen-bond donors (Lipinski definition) is 1. The molecule has 1 aromatic rings. The van der Waals surface area contributed by atoms with Gasteiger partial charge in [-0.15, -0.1) is 0 Å². The quantitative estimate of drug-likeness (QED) is 0.602. The highest BCUT2D eigenvalue weighted by molar-refractivity contribution is 5.96. The third-order valence-electron chi connectivity index (χ3n) is 2.16. The molecule has 1 amide bonds. The number of nitrogens with zero attached hydrogens (tertiary/aromatic N) is 3. The highest BCUT2D eigenvalue weighted by Gasteiger charge is 2.29. The van der Waals surface area contributed by atoms with Crippen LogP contribution in [-0.4, -0.2) is 27.2 Å². The van der Waals surface area contributed by atoms with Gasteiger partial charge in [0.2, 0.25) is 5.69 Å². The highest BCUT2D eigenvalue weighted by Crippen LogP contribution is 2.23. The van der Waals surface area contributed by atoms with Crippen LogP contribution >= 0.6 is 0 Å². The molecule has 0 aliphatic rings. The number of carbonyl (C=O) groups excluding carboxylic acids is 1. The van der Waals surface area contributed by atoms with Crippen LogP contribution in [0.5, 0.6) is 0 Å². The molecule has 16 heavy (non-hydrogen) atoms. The summed E-state index contributed by atoms with van der Waals surface area (Å²) in [5.74, 6) is -0.469. The van der Waals surface area contributed by atoms with Gasteiger partial charge in [-0.05, 0) is 13.3 Å². The summed E-state index contributed by atoms with van der Waals surface area (Å²) >= 11 is 0. The lowest BCUT2D eigenvalue weighted by Gasteiger charge is -2.01. The van der Waals surface area contributed by atoms with Crippen molar-refractivity contribution in [2.75, 3.05) is 6.54 Å². The van der Waals surface area contributed by atoms with Gasteiger partial charge in [-0.2, -0.15) is 5.10 Å². The number of nitrogens with one attached hydrogen (secondary N) is 1. The van der Waals surface area contributed by atoms with E-state index in [1.54, 1.807) is 13.8 Å². The normalized spacial score (nSPS) is 10.2. The van der Waals surface area contributed by atoms with E-state index >= 15 is 0 Å². The van der Waals surface area contributed by atoms with E-state index in [2.05, 4.69) is 10.4 Å². The maximum atomic E-state index is 11.6. The Labute approximate surface area is 92.6 Å². The molecule has 0 fully saturated rings. The van der Waals surface area contributed by atoms with Crippen LogP contribution in [0.4, 0.5) is 5.69 Å². The summed E-state index contributed by atoms with van der Waals surface area (Å²) in [7, 11) is 1.52. The fraction of sp³-hybridized carbons (Fsp3) is 0.556. The Morgan fingerprint density at radius 2 is 2.19 bits per heavy atom. The molecule has 0 saturated carbocycles.